The molecule has 0 aromatic heterocycles. The van der Waals surface area contributed by atoms with Crippen LogP contribution in [0, 0.1) is 22.0 Å². The average Bonchev–Trinajstić information content (AvgIpc) is 3.30. The van der Waals surface area contributed by atoms with E-state index in [9.17, 15) is 18.5 Å². The molecule has 0 saturated heterocycles. The van der Waals surface area contributed by atoms with Crippen LogP contribution in [0.2, 0.25) is 0 Å². The standard InChI is InChI=1S/C17H18N2O4S/c1-12-11-14(12)17(13-7-3-2-4-8-13)18-24(22,23)16-10-6-5-9-15(16)19(20)21/h2-10,12,14,17-18H,11H2,1H3. The Hall–Kier alpha value is -2.25. The fraction of sp³-hybridized carbons (Fsp3) is 0.294. The largest absolute Gasteiger partial charge is 0.289 e. The highest BCUT2D eigenvalue weighted by Gasteiger charge is 2.42. The Labute approximate surface area is 140 Å². The van der Waals surface area contributed by atoms with Crippen molar-refractivity contribution in [3.63, 3.8) is 0 Å². The second-order valence-electron chi connectivity index (χ2n) is 6.11. The number of nitrogens with zero attached hydrogens (tertiary/aromatic N) is 1. The third-order valence-corrected chi connectivity index (χ3v) is 5.88. The molecule has 3 unspecified atom stereocenters. The molecule has 2 aromatic carbocycles. The van der Waals surface area contributed by atoms with Gasteiger partial charge in [-0.15, -0.1) is 0 Å². The Morgan fingerprint density at radius 3 is 2.29 bits per heavy atom. The maximum atomic E-state index is 12.8. The van der Waals surface area contributed by atoms with Gasteiger partial charge in [0.05, 0.1) is 11.0 Å². The van der Waals surface area contributed by atoms with Gasteiger partial charge in [-0.2, -0.15) is 0 Å². The SMILES string of the molecule is CC1CC1C(NS(=O)(=O)c1ccccc1[N+](=O)[O-])c1ccccc1. The van der Waals surface area contributed by atoms with Gasteiger partial charge in [0.25, 0.3) is 5.69 Å². The van der Waals surface area contributed by atoms with E-state index in [-0.39, 0.29) is 16.9 Å². The van der Waals surface area contributed by atoms with E-state index < -0.39 is 20.6 Å². The lowest BCUT2D eigenvalue weighted by Gasteiger charge is -2.19. The smallest absolute Gasteiger partial charge is 0.258 e. The van der Waals surface area contributed by atoms with E-state index in [1.54, 1.807) is 0 Å². The predicted molar refractivity (Wildman–Crippen MR) is 89.9 cm³/mol. The molecule has 7 heteroatoms. The minimum atomic E-state index is -4.00. The summed E-state index contributed by atoms with van der Waals surface area (Å²) in [5.41, 5.74) is 0.453. The van der Waals surface area contributed by atoms with Crippen molar-refractivity contribution < 1.29 is 13.3 Å². The van der Waals surface area contributed by atoms with Crippen molar-refractivity contribution in [2.24, 2.45) is 11.8 Å². The molecule has 0 amide bonds. The topological polar surface area (TPSA) is 89.3 Å². The van der Waals surface area contributed by atoms with Gasteiger partial charge >= 0.3 is 0 Å². The van der Waals surface area contributed by atoms with Crippen LogP contribution in [0.15, 0.2) is 59.5 Å². The maximum Gasteiger partial charge on any atom is 0.289 e. The Bertz CT molecular complexity index is 852. The number of benzene rings is 2. The number of sulfonamides is 1. The van der Waals surface area contributed by atoms with E-state index in [1.165, 1.54) is 24.3 Å². The first-order chi connectivity index (χ1) is 11.4. The number of nitrogens with one attached hydrogen (secondary N) is 1. The van der Waals surface area contributed by atoms with Crippen LogP contribution in [0.25, 0.3) is 0 Å². The first kappa shape index (κ1) is 16.6. The van der Waals surface area contributed by atoms with Gasteiger partial charge in [-0.3, -0.25) is 10.1 Å². The summed E-state index contributed by atoms with van der Waals surface area (Å²) in [5.74, 6) is 0.619. The quantitative estimate of drug-likeness (QED) is 0.642. The van der Waals surface area contributed by atoms with E-state index >= 15 is 0 Å². The molecule has 1 N–H and O–H groups in total. The molecule has 1 saturated carbocycles. The Morgan fingerprint density at radius 1 is 1.12 bits per heavy atom. The summed E-state index contributed by atoms with van der Waals surface area (Å²) in [6, 6.07) is 14.3. The molecule has 0 spiro atoms. The Balaban J connectivity index is 1.97. The van der Waals surface area contributed by atoms with Crippen molar-refractivity contribution in [3.8, 4) is 0 Å². The van der Waals surface area contributed by atoms with Gasteiger partial charge in [0.15, 0.2) is 4.90 Å². The zero-order chi connectivity index (χ0) is 17.3. The van der Waals surface area contributed by atoms with Crippen LogP contribution < -0.4 is 4.72 Å². The van der Waals surface area contributed by atoms with Gasteiger partial charge in [0, 0.05) is 6.07 Å². The van der Waals surface area contributed by atoms with Gasteiger partial charge in [0.1, 0.15) is 0 Å². The van der Waals surface area contributed by atoms with Crippen LogP contribution in [0.3, 0.4) is 0 Å². The first-order valence-electron chi connectivity index (χ1n) is 7.71. The molecule has 126 valence electrons. The molecular formula is C17H18N2O4S. The van der Waals surface area contributed by atoms with Gasteiger partial charge in [0.2, 0.25) is 10.0 Å². The molecule has 24 heavy (non-hydrogen) atoms. The number of hydrogen-bond acceptors (Lipinski definition) is 4. The summed E-state index contributed by atoms with van der Waals surface area (Å²) in [5, 5.41) is 11.1. The maximum absolute atomic E-state index is 12.8. The molecular weight excluding hydrogens is 328 g/mol. The lowest BCUT2D eigenvalue weighted by Crippen LogP contribution is -2.30. The molecule has 0 bridgehead atoms. The van der Waals surface area contributed by atoms with Crippen molar-refractivity contribution >= 4 is 15.7 Å². The summed E-state index contributed by atoms with van der Waals surface area (Å²) < 4.78 is 28.2. The highest BCUT2D eigenvalue weighted by molar-refractivity contribution is 7.89. The third kappa shape index (κ3) is 3.32. The second kappa shape index (κ2) is 6.33. The van der Waals surface area contributed by atoms with E-state index in [4.69, 9.17) is 0 Å². The average molecular weight is 346 g/mol. The van der Waals surface area contributed by atoms with E-state index in [2.05, 4.69) is 11.6 Å². The zero-order valence-corrected chi connectivity index (χ0v) is 13.9. The zero-order valence-electron chi connectivity index (χ0n) is 13.1. The lowest BCUT2D eigenvalue weighted by molar-refractivity contribution is -0.387. The second-order valence-corrected chi connectivity index (χ2v) is 7.79. The summed E-state index contributed by atoms with van der Waals surface area (Å²) in [7, 11) is -4.00. The molecule has 1 aliphatic rings. The fourth-order valence-electron chi connectivity index (χ4n) is 2.94. The lowest BCUT2D eigenvalue weighted by atomic mass is 10.0. The number of hydrogen-bond donors (Lipinski definition) is 1. The summed E-state index contributed by atoms with van der Waals surface area (Å²) in [6.07, 6.45) is 0.930. The summed E-state index contributed by atoms with van der Waals surface area (Å²) in [4.78, 5) is 10.2. The van der Waals surface area contributed by atoms with E-state index in [0.717, 1.165) is 12.0 Å². The molecule has 3 atom stereocenters. The van der Waals surface area contributed by atoms with Crippen LogP contribution in [0.4, 0.5) is 5.69 Å². The summed E-state index contributed by atoms with van der Waals surface area (Å²) in [6.45, 7) is 2.07. The molecule has 1 aliphatic carbocycles. The van der Waals surface area contributed by atoms with Crippen LogP contribution in [0.1, 0.15) is 24.9 Å². The Morgan fingerprint density at radius 2 is 1.71 bits per heavy atom. The number of rotatable bonds is 6. The van der Waals surface area contributed by atoms with Crippen LogP contribution >= 0.6 is 0 Å². The van der Waals surface area contributed by atoms with Crippen molar-refractivity contribution in [1.29, 1.82) is 0 Å². The summed E-state index contributed by atoms with van der Waals surface area (Å²) >= 11 is 0. The van der Waals surface area contributed by atoms with E-state index in [1.807, 2.05) is 30.3 Å². The van der Waals surface area contributed by atoms with Gasteiger partial charge in [-0.05, 0) is 29.9 Å². The molecule has 2 aromatic rings. The highest BCUT2D eigenvalue weighted by atomic mass is 32.2. The number of nitro benzene ring substituents is 1. The minimum absolute atomic E-state index is 0.199. The van der Waals surface area contributed by atoms with Gasteiger partial charge in [-0.25, -0.2) is 13.1 Å². The van der Waals surface area contributed by atoms with Gasteiger partial charge in [-0.1, -0.05) is 49.4 Å². The van der Waals surface area contributed by atoms with Crippen molar-refractivity contribution in [2.75, 3.05) is 0 Å². The van der Waals surface area contributed by atoms with Crippen LogP contribution in [-0.2, 0) is 10.0 Å². The van der Waals surface area contributed by atoms with Crippen molar-refractivity contribution in [2.45, 2.75) is 24.3 Å². The molecule has 3 rings (SSSR count). The number of para-hydroxylation sites is 1. The molecule has 1 fully saturated rings. The predicted octanol–water partition coefficient (Wildman–Crippen LogP) is 3.27. The van der Waals surface area contributed by atoms with E-state index in [0.29, 0.717) is 5.92 Å². The number of nitro groups is 1. The minimum Gasteiger partial charge on any atom is -0.258 e. The molecule has 6 nitrogen and oxygen atoms in total. The fourth-order valence-corrected chi connectivity index (χ4v) is 4.39. The third-order valence-electron chi connectivity index (χ3n) is 4.39. The van der Waals surface area contributed by atoms with Crippen molar-refractivity contribution in [1.82, 2.24) is 4.72 Å². The Kier molecular flexibility index (Phi) is 4.38. The first-order valence-corrected chi connectivity index (χ1v) is 9.19. The molecule has 0 heterocycles. The highest BCUT2D eigenvalue weighted by Crippen LogP contribution is 2.47. The molecule has 0 aliphatic heterocycles. The normalized spacial score (nSPS) is 21.2. The molecule has 0 radical (unpaired) electrons. The van der Waals surface area contributed by atoms with Crippen LogP contribution in [0.5, 0.6) is 0 Å². The monoisotopic (exact) mass is 346 g/mol. The van der Waals surface area contributed by atoms with Crippen LogP contribution in [-0.4, -0.2) is 13.3 Å². The van der Waals surface area contributed by atoms with Gasteiger partial charge < -0.3 is 0 Å². The van der Waals surface area contributed by atoms with Crippen molar-refractivity contribution in [3.05, 3.63) is 70.3 Å².